The number of esters is 1. The fourth-order valence-electron chi connectivity index (χ4n) is 7.76. The summed E-state index contributed by atoms with van der Waals surface area (Å²) in [5.74, 6) is -0.641. The van der Waals surface area contributed by atoms with Crippen molar-refractivity contribution in [1.29, 1.82) is 0 Å². The molecule has 1 atom stereocenters. The summed E-state index contributed by atoms with van der Waals surface area (Å²) in [6.07, 6.45) is 55.8. The van der Waals surface area contributed by atoms with Gasteiger partial charge in [-0.05, 0) is 32.6 Å². The van der Waals surface area contributed by atoms with Crippen LogP contribution >= 0.6 is 0 Å². The van der Waals surface area contributed by atoms with Gasteiger partial charge in [-0.2, -0.15) is 0 Å². The number of hydrogen-bond acceptors (Lipinski definition) is 3. The third-order valence-electron chi connectivity index (χ3n) is 11.3. The lowest BCUT2D eigenvalue weighted by atomic mass is 10.0. The van der Waals surface area contributed by atoms with Crippen molar-refractivity contribution in [2.75, 3.05) is 0 Å². The molecule has 0 aromatic rings. The van der Waals surface area contributed by atoms with Gasteiger partial charge in [0.1, 0.15) is 0 Å². The van der Waals surface area contributed by atoms with Crippen molar-refractivity contribution in [1.82, 2.24) is 0 Å². The molecular weight excluding hydrogens is 641 g/mol. The molecule has 0 bridgehead atoms. The minimum Gasteiger partial charge on any atom is -0.481 e. The monoisotopic (exact) mass is 735 g/mol. The molecule has 4 heteroatoms. The smallest absolute Gasteiger partial charge is 0.306 e. The van der Waals surface area contributed by atoms with Gasteiger partial charge in [0.25, 0.3) is 0 Å². The number of carbonyl (C=O) groups excluding carboxylic acids is 1. The molecule has 0 aromatic heterocycles. The van der Waals surface area contributed by atoms with E-state index in [1.165, 1.54) is 238 Å². The van der Waals surface area contributed by atoms with Crippen LogP contribution in [-0.4, -0.2) is 23.1 Å². The molecule has 4 nitrogen and oxygen atoms in total. The number of ether oxygens (including phenoxy) is 1. The quantitative estimate of drug-likeness (QED) is 0.0500. The summed E-state index contributed by atoms with van der Waals surface area (Å²) < 4.78 is 5.69. The molecule has 0 saturated heterocycles. The van der Waals surface area contributed by atoms with Crippen LogP contribution in [0.15, 0.2) is 0 Å². The third kappa shape index (κ3) is 45.1. The van der Waals surface area contributed by atoms with E-state index in [2.05, 4.69) is 13.8 Å². The van der Waals surface area contributed by atoms with Crippen molar-refractivity contribution in [2.24, 2.45) is 0 Å². The van der Waals surface area contributed by atoms with Gasteiger partial charge < -0.3 is 9.84 Å². The lowest BCUT2D eigenvalue weighted by Gasteiger charge is -2.13. The van der Waals surface area contributed by atoms with Crippen LogP contribution in [0.3, 0.4) is 0 Å². The van der Waals surface area contributed by atoms with Gasteiger partial charge in [0.2, 0.25) is 0 Å². The van der Waals surface area contributed by atoms with E-state index in [9.17, 15) is 9.59 Å². The molecule has 0 aliphatic carbocycles. The molecule has 0 fully saturated rings. The summed E-state index contributed by atoms with van der Waals surface area (Å²) in [6.45, 7) is 4.37. The zero-order chi connectivity index (χ0) is 37.8. The number of rotatable bonds is 45. The number of carboxylic acid groups (broad SMARTS) is 1. The van der Waals surface area contributed by atoms with Crippen molar-refractivity contribution < 1.29 is 19.4 Å². The van der Waals surface area contributed by atoms with E-state index in [1.54, 1.807) is 0 Å². The maximum absolute atomic E-state index is 12.2. The van der Waals surface area contributed by atoms with Crippen LogP contribution in [0.2, 0.25) is 0 Å². The van der Waals surface area contributed by atoms with Gasteiger partial charge in [-0.25, -0.2) is 0 Å². The molecule has 0 spiro atoms. The van der Waals surface area contributed by atoms with Gasteiger partial charge in [0, 0.05) is 12.8 Å². The molecule has 0 rings (SSSR count). The van der Waals surface area contributed by atoms with E-state index in [0.717, 1.165) is 25.7 Å². The van der Waals surface area contributed by atoms with E-state index in [-0.39, 0.29) is 12.1 Å². The molecule has 0 aromatic carbocycles. The molecule has 310 valence electrons. The van der Waals surface area contributed by atoms with Crippen molar-refractivity contribution in [3.8, 4) is 0 Å². The van der Waals surface area contributed by atoms with Gasteiger partial charge in [0.15, 0.2) is 0 Å². The van der Waals surface area contributed by atoms with Crippen LogP contribution in [0, 0.1) is 0 Å². The average Bonchev–Trinajstić information content (AvgIpc) is 3.12. The molecular formula is C48H94O4. The highest BCUT2D eigenvalue weighted by Gasteiger charge is 2.09. The molecule has 0 saturated carbocycles. The number of unbranched alkanes of at least 4 members (excludes halogenated alkanes) is 38. The second kappa shape index (κ2) is 44.3. The van der Waals surface area contributed by atoms with E-state index in [1.807, 2.05) is 0 Å². The standard InChI is InChI=1S/C48H94O4/c1-3-4-5-6-7-8-9-10-11-12-13-14-18-21-24-27-30-33-36-39-42-45-48(51)52-46(2)43-40-37-34-31-28-25-22-19-16-15-17-20-23-26-29-32-35-38-41-44-47(49)50/h46H,3-45H2,1-2H3,(H,49,50). The predicted octanol–water partition coefficient (Wildman–Crippen LogP) is 16.8. The summed E-state index contributed by atoms with van der Waals surface area (Å²) in [6, 6.07) is 0. The van der Waals surface area contributed by atoms with Crippen LogP contribution in [0.1, 0.15) is 290 Å². The highest BCUT2D eigenvalue weighted by molar-refractivity contribution is 5.69. The third-order valence-corrected chi connectivity index (χ3v) is 11.3. The number of hydrogen-bond donors (Lipinski definition) is 1. The SMILES string of the molecule is CCCCCCCCCCCCCCCCCCCCCCCC(=O)OC(C)CCCCCCCCCCCCCCCCCCCCCC(=O)O. The Morgan fingerprint density at radius 3 is 0.865 bits per heavy atom. The van der Waals surface area contributed by atoms with E-state index in [0.29, 0.717) is 12.8 Å². The summed E-state index contributed by atoms with van der Waals surface area (Å²) >= 11 is 0. The maximum atomic E-state index is 12.2. The largest absolute Gasteiger partial charge is 0.481 e. The number of carboxylic acids is 1. The average molecular weight is 735 g/mol. The zero-order valence-electron chi connectivity index (χ0n) is 35.7. The van der Waals surface area contributed by atoms with E-state index >= 15 is 0 Å². The Labute approximate surface area is 326 Å². The lowest BCUT2D eigenvalue weighted by Crippen LogP contribution is -2.14. The second-order valence-electron chi connectivity index (χ2n) is 16.8. The molecule has 1 N–H and O–H groups in total. The topological polar surface area (TPSA) is 63.6 Å². The first-order chi connectivity index (χ1) is 25.6. The molecule has 52 heavy (non-hydrogen) atoms. The summed E-state index contributed by atoms with van der Waals surface area (Å²) in [7, 11) is 0. The second-order valence-corrected chi connectivity index (χ2v) is 16.8. The predicted molar refractivity (Wildman–Crippen MR) is 227 cm³/mol. The Balaban J connectivity index is 3.25. The normalized spacial score (nSPS) is 12.0. The Hall–Kier alpha value is -1.06. The first-order valence-corrected chi connectivity index (χ1v) is 24.0. The first-order valence-electron chi connectivity index (χ1n) is 24.0. The summed E-state index contributed by atoms with van der Waals surface area (Å²) in [5, 5.41) is 8.66. The summed E-state index contributed by atoms with van der Waals surface area (Å²) in [4.78, 5) is 22.8. The number of aliphatic carboxylic acids is 1. The molecule has 0 heterocycles. The minimum absolute atomic E-state index is 0.0172. The number of carbonyl (C=O) groups is 2. The van der Waals surface area contributed by atoms with Crippen molar-refractivity contribution in [3.63, 3.8) is 0 Å². The van der Waals surface area contributed by atoms with Crippen LogP contribution in [0.4, 0.5) is 0 Å². The molecule has 0 aliphatic rings. The van der Waals surface area contributed by atoms with Crippen LogP contribution in [0.25, 0.3) is 0 Å². The molecule has 0 aliphatic heterocycles. The Kier molecular flexibility index (Phi) is 43.4. The minimum atomic E-state index is -0.658. The highest BCUT2D eigenvalue weighted by atomic mass is 16.5. The fraction of sp³-hybridized carbons (Fsp3) is 0.958. The van der Waals surface area contributed by atoms with Gasteiger partial charge in [-0.15, -0.1) is 0 Å². The first kappa shape index (κ1) is 50.9. The van der Waals surface area contributed by atoms with Gasteiger partial charge >= 0.3 is 11.9 Å². The zero-order valence-corrected chi connectivity index (χ0v) is 35.7. The molecule has 1 unspecified atom stereocenters. The van der Waals surface area contributed by atoms with Gasteiger partial charge in [0.05, 0.1) is 6.10 Å². The Bertz CT molecular complexity index is 706. The van der Waals surface area contributed by atoms with Crippen molar-refractivity contribution in [2.45, 2.75) is 296 Å². The van der Waals surface area contributed by atoms with Gasteiger partial charge in [-0.1, -0.05) is 244 Å². The molecule has 0 radical (unpaired) electrons. The van der Waals surface area contributed by atoms with E-state index in [4.69, 9.17) is 9.84 Å². The highest BCUT2D eigenvalue weighted by Crippen LogP contribution is 2.18. The Morgan fingerprint density at radius 2 is 0.596 bits per heavy atom. The summed E-state index contributed by atoms with van der Waals surface area (Å²) in [5.41, 5.74) is 0. The van der Waals surface area contributed by atoms with Gasteiger partial charge in [-0.3, -0.25) is 9.59 Å². The van der Waals surface area contributed by atoms with Crippen LogP contribution in [0.5, 0.6) is 0 Å². The van der Waals surface area contributed by atoms with Crippen LogP contribution in [-0.2, 0) is 14.3 Å². The van der Waals surface area contributed by atoms with Crippen LogP contribution < -0.4 is 0 Å². The van der Waals surface area contributed by atoms with Crippen molar-refractivity contribution >= 4 is 11.9 Å². The van der Waals surface area contributed by atoms with Crippen molar-refractivity contribution in [3.05, 3.63) is 0 Å². The molecule has 0 amide bonds. The Morgan fingerprint density at radius 1 is 0.365 bits per heavy atom. The maximum Gasteiger partial charge on any atom is 0.306 e. The van der Waals surface area contributed by atoms with E-state index < -0.39 is 5.97 Å². The lowest BCUT2D eigenvalue weighted by molar-refractivity contribution is -0.148. The fourth-order valence-corrected chi connectivity index (χ4v) is 7.76.